The largest absolute Gasteiger partial charge is 0.492 e. The van der Waals surface area contributed by atoms with Crippen molar-refractivity contribution in [2.24, 2.45) is 0 Å². The number of rotatable bonds is 5. The molecule has 8 heteroatoms. The number of carbonyl (C=O) groups is 2. The van der Waals surface area contributed by atoms with Gasteiger partial charge in [0.2, 0.25) is 5.91 Å². The normalized spacial score (nSPS) is 13.2. The molecule has 0 aliphatic carbocycles. The first-order valence-electron chi connectivity index (χ1n) is 8.75. The van der Waals surface area contributed by atoms with Crippen LogP contribution in [0.5, 0.6) is 5.75 Å². The zero-order valence-corrected chi connectivity index (χ0v) is 15.2. The Hall–Kier alpha value is -3.03. The van der Waals surface area contributed by atoms with Crippen molar-refractivity contribution in [3.63, 3.8) is 0 Å². The van der Waals surface area contributed by atoms with E-state index in [2.05, 4.69) is 5.32 Å². The van der Waals surface area contributed by atoms with Gasteiger partial charge in [0.25, 0.3) is 5.91 Å². The third-order valence-electron chi connectivity index (χ3n) is 4.44. The number of carbonyl (C=O) groups excluding carboxylic acids is 2. The first-order valence-corrected chi connectivity index (χ1v) is 8.75. The van der Waals surface area contributed by atoms with E-state index >= 15 is 0 Å². The molecular formula is C20H19F3N2O3. The molecule has 0 spiro atoms. The van der Waals surface area contributed by atoms with Gasteiger partial charge in [0.05, 0.1) is 12.1 Å². The second-order valence-electron chi connectivity index (χ2n) is 6.39. The first kappa shape index (κ1) is 19.7. The second kappa shape index (κ2) is 7.92. The molecule has 2 aromatic rings. The molecule has 0 fully saturated rings. The van der Waals surface area contributed by atoms with Gasteiger partial charge in [-0.25, -0.2) is 0 Å². The molecule has 0 radical (unpaired) electrons. The van der Waals surface area contributed by atoms with Crippen LogP contribution in [0.4, 0.5) is 18.9 Å². The molecule has 0 aromatic heterocycles. The van der Waals surface area contributed by atoms with Crippen LogP contribution in [-0.4, -0.2) is 31.5 Å². The number of ether oxygens (including phenoxy) is 1. The van der Waals surface area contributed by atoms with Gasteiger partial charge in [0.1, 0.15) is 12.4 Å². The minimum atomic E-state index is -4.43. The second-order valence-corrected chi connectivity index (χ2v) is 6.39. The lowest BCUT2D eigenvalue weighted by molar-refractivity contribution is -0.137. The Morgan fingerprint density at radius 2 is 1.96 bits per heavy atom. The number of halogens is 3. The maximum Gasteiger partial charge on any atom is 0.416 e. The summed E-state index contributed by atoms with van der Waals surface area (Å²) >= 11 is 0. The number of hydrogen-bond acceptors (Lipinski definition) is 3. The molecule has 2 aromatic carbocycles. The maximum absolute atomic E-state index is 12.7. The lowest BCUT2D eigenvalue weighted by Crippen LogP contribution is -2.28. The number of fused-ring (bicyclic) bond motifs is 1. The zero-order chi connectivity index (χ0) is 20.3. The van der Waals surface area contributed by atoms with E-state index in [4.69, 9.17) is 4.74 Å². The number of amides is 2. The van der Waals surface area contributed by atoms with Gasteiger partial charge in [-0.2, -0.15) is 13.2 Å². The topological polar surface area (TPSA) is 58.6 Å². The highest BCUT2D eigenvalue weighted by atomic mass is 19.4. The summed E-state index contributed by atoms with van der Waals surface area (Å²) in [6.07, 6.45) is -3.74. The molecule has 28 heavy (non-hydrogen) atoms. The van der Waals surface area contributed by atoms with Crippen molar-refractivity contribution >= 4 is 17.5 Å². The Morgan fingerprint density at radius 1 is 1.18 bits per heavy atom. The van der Waals surface area contributed by atoms with E-state index in [9.17, 15) is 22.8 Å². The molecule has 148 valence electrons. The van der Waals surface area contributed by atoms with Crippen LogP contribution in [0, 0.1) is 0 Å². The first-order chi connectivity index (χ1) is 13.3. The molecule has 1 N–H and O–H groups in total. The number of alkyl halides is 3. The van der Waals surface area contributed by atoms with Crippen molar-refractivity contribution in [3.05, 3.63) is 59.2 Å². The number of hydrogen-bond donors (Lipinski definition) is 1. The van der Waals surface area contributed by atoms with Gasteiger partial charge in [0, 0.05) is 24.7 Å². The lowest BCUT2D eigenvalue weighted by Gasteiger charge is -2.15. The Morgan fingerprint density at radius 3 is 2.68 bits per heavy atom. The Balaban J connectivity index is 1.52. The summed E-state index contributed by atoms with van der Waals surface area (Å²) < 4.78 is 43.3. The van der Waals surface area contributed by atoms with Crippen LogP contribution in [0.2, 0.25) is 0 Å². The lowest BCUT2D eigenvalue weighted by atomic mass is 10.1. The molecule has 0 bridgehead atoms. The predicted molar refractivity (Wildman–Crippen MR) is 97.4 cm³/mol. The number of benzene rings is 2. The summed E-state index contributed by atoms with van der Waals surface area (Å²) in [5, 5.41) is 2.67. The van der Waals surface area contributed by atoms with E-state index in [0.717, 1.165) is 23.4 Å². The quantitative estimate of drug-likeness (QED) is 0.794. The van der Waals surface area contributed by atoms with Gasteiger partial charge < -0.3 is 15.0 Å². The third kappa shape index (κ3) is 4.44. The Labute approximate surface area is 160 Å². The summed E-state index contributed by atoms with van der Waals surface area (Å²) in [5.74, 6) is -0.259. The molecule has 1 aliphatic heterocycles. The molecule has 1 heterocycles. The minimum Gasteiger partial charge on any atom is -0.492 e. The predicted octanol–water partition coefficient (Wildman–Crippen LogP) is 3.42. The highest BCUT2D eigenvalue weighted by Crippen LogP contribution is 2.31. The van der Waals surface area contributed by atoms with E-state index in [-0.39, 0.29) is 30.7 Å². The summed E-state index contributed by atoms with van der Waals surface area (Å²) in [4.78, 5) is 25.5. The summed E-state index contributed by atoms with van der Waals surface area (Å²) in [5.41, 5.74) is 1.43. The van der Waals surface area contributed by atoms with Gasteiger partial charge in [0.15, 0.2) is 0 Å². The SMILES string of the molecule is CC(=O)N1CCc2cc(C(=O)NCCOc3cccc(C(F)(F)F)c3)ccc21. The van der Waals surface area contributed by atoms with Crippen molar-refractivity contribution in [2.45, 2.75) is 19.5 Å². The van der Waals surface area contributed by atoms with Crippen molar-refractivity contribution in [3.8, 4) is 5.75 Å². The molecular weight excluding hydrogens is 373 g/mol. The summed E-state index contributed by atoms with van der Waals surface area (Å²) in [6, 6.07) is 9.73. The van der Waals surface area contributed by atoms with E-state index in [1.165, 1.54) is 19.1 Å². The van der Waals surface area contributed by atoms with E-state index < -0.39 is 11.7 Å². The van der Waals surface area contributed by atoms with Crippen molar-refractivity contribution in [1.82, 2.24) is 5.32 Å². The number of nitrogens with one attached hydrogen (secondary N) is 1. The van der Waals surface area contributed by atoms with E-state index in [0.29, 0.717) is 18.5 Å². The van der Waals surface area contributed by atoms with Crippen LogP contribution >= 0.6 is 0 Å². The van der Waals surface area contributed by atoms with E-state index in [1.807, 2.05) is 0 Å². The highest BCUT2D eigenvalue weighted by molar-refractivity contribution is 5.97. The van der Waals surface area contributed by atoms with Gasteiger partial charge in [-0.3, -0.25) is 9.59 Å². The van der Waals surface area contributed by atoms with Gasteiger partial charge in [-0.05, 0) is 48.4 Å². The van der Waals surface area contributed by atoms with Gasteiger partial charge >= 0.3 is 6.18 Å². The van der Waals surface area contributed by atoms with Crippen LogP contribution in [0.25, 0.3) is 0 Å². The average Bonchev–Trinajstić information content (AvgIpc) is 3.08. The fourth-order valence-electron chi connectivity index (χ4n) is 3.07. The van der Waals surface area contributed by atoms with Crippen molar-refractivity contribution < 1.29 is 27.5 Å². The molecule has 5 nitrogen and oxygen atoms in total. The monoisotopic (exact) mass is 392 g/mol. The van der Waals surface area contributed by atoms with Gasteiger partial charge in [-0.1, -0.05) is 6.07 Å². The number of nitrogens with zero attached hydrogens (tertiary/aromatic N) is 1. The van der Waals surface area contributed by atoms with Crippen molar-refractivity contribution in [2.75, 3.05) is 24.6 Å². The molecule has 1 aliphatic rings. The van der Waals surface area contributed by atoms with Crippen LogP contribution in [0.15, 0.2) is 42.5 Å². The standard InChI is InChI=1S/C20H19F3N2O3/c1-13(26)25-9-7-14-11-15(5-6-18(14)25)19(27)24-8-10-28-17-4-2-3-16(12-17)20(21,22)23/h2-6,11-12H,7-10H2,1H3,(H,24,27). The fraction of sp³-hybridized carbons (Fsp3) is 0.300. The fourth-order valence-corrected chi connectivity index (χ4v) is 3.07. The van der Waals surface area contributed by atoms with Crippen LogP contribution in [0.1, 0.15) is 28.4 Å². The molecule has 2 amide bonds. The van der Waals surface area contributed by atoms with Crippen molar-refractivity contribution in [1.29, 1.82) is 0 Å². The summed E-state index contributed by atoms with van der Waals surface area (Å²) in [6.45, 7) is 2.28. The third-order valence-corrected chi connectivity index (χ3v) is 4.44. The van der Waals surface area contributed by atoms with Crippen LogP contribution in [-0.2, 0) is 17.4 Å². The smallest absolute Gasteiger partial charge is 0.416 e. The van der Waals surface area contributed by atoms with E-state index in [1.54, 1.807) is 23.1 Å². The molecule has 0 saturated heterocycles. The molecule has 0 unspecified atom stereocenters. The Bertz CT molecular complexity index is 897. The molecule has 0 saturated carbocycles. The average molecular weight is 392 g/mol. The van der Waals surface area contributed by atoms with Crippen LogP contribution in [0.3, 0.4) is 0 Å². The minimum absolute atomic E-state index is 0.0378. The summed E-state index contributed by atoms with van der Waals surface area (Å²) in [7, 11) is 0. The molecule has 0 atom stereocenters. The Kier molecular flexibility index (Phi) is 5.58. The number of anilines is 1. The van der Waals surface area contributed by atoms with Gasteiger partial charge in [-0.15, -0.1) is 0 Å². The maximum atomic E-state index is 12.7. The van der Waals surface area contributed by atoms with Crippen LogP contribution < -0.4 is 15.0 Å². The highest BCUT2D eigenvalue weighted by Gasteiger charge is 2.30. The zero-order valence-electron chi connectivity index (χ0n) is 15.2. The molecule has 3 rings (SSSR count).